The molecule has 0 saturated heterocycles. The Labute approximate surface area is 91.4 Å². The van der Waals surface area contributed by atoms with Gasteiger partial charge < -0.3 is 14.8 Å². The highest BCUT2D eigenvalue weighted by Gasteiger charge is 2.12. The highest BCUT2D eigenvalue weighted by atomic mass is 16.5. The minimum absolute atomic E-state index is 0.325. The molecule has 0 radical (unpaired) electrons. The second-order valence-electron chi connectivity index (χ2n) is 3.36. The van der Waals surface area contributed by atoms with E-state index < -0.39 is 0 Å². The second-order valence-corrected chi connectivity index (χ2v) is 3.36. The smallest absolute Gasteiger partial charge is 0.127 e. The lowest BCUT2D eigenvalue weighted by Crippen LogP contribution is -2.16. The summed E-state index contributed by atoms with van der Waals surface area (Å²) in [5, 5.41) is 3.26. The van der Waals surface area contributed by atoms with Gasteiger partial charge >= 0.3 is 0 Å². The summed E-state index contributed by atoms with van der Waals surface area (Å²) in [6.07, 6.45) is 1.03. The van der Waals surface area contributed by atoms with Gasteiger partial charge in [0.05, 0.1) is 14.2 Å². The van der Waals surface area contributed by atoms with Crippen molar-refractivity contribution in [3.8, 4) is 11.5 Å². The number of rotatable bonds is 5. The van der Waals surface area contributed by atoms with Crippen LogP contribution in [0.2, 0.25) is 0 Å². The zero-order valence-electron chi connectivity index (χ0n) is 9.83. The van der Waals surface area contributed by atoms with Crippen LogP contribution in [-0.2, 0) is 0 Å². The molecule has 0 aliphatic carbocycles. The van der Waals surface area contributed by atoms with Crippen LogP contribution in [0.4, 0.5) is 0 Å². The molecule has 0 spiro atoms. The Morgan fingerprint density at radius 1 is 1.27 bits per heavy atom. The van der Waals surface area contributed by atoms with Gasteiger partial charge in [-0.1, -0.05) is 13.0 Å². The number of nitrogens with one attached hydrogen (secondary N) is 1. The van der Waals surface area contributed by atoms with Crippen LogP contribution in [0.3, 0.4) is 0 Å². The molecule has 0 fully saturated rings. The highest BCUT2D eigenvalue weighted by Crippen LogP contribution is 2.30. The van der Waals surface area contributed by atoms with Crippen molar-refractivity contribution in [2.75, 3.05) is 21.3 Å². The van der Waals surface area contributed by atoms with Crippen LogP contribution in [0.1, 0.15) is 24.9 Å². The summed E-state index contributed by atoms with van der Waals surface area (Å²) in [6.45, 7) is 2.14. The Morgan fingerprint density at radius 2 is 2.00 bits per heavy atom. The van der Waals surface area contributed by atoms with Crippen molar-refractivity contribution >= 4 is 0 Å². The zero-order chi connectivity index (χ0) is 11.3. The van der Waals surface area contributed by atoms with Crippen molar-refractivity contribution in [1.82, 2.24) is 5.32 Å². The molecule has 0 heterocycles. The molecule has 3 nitrogen and oxygen atoms in total. The molecule has 1 aromatic carbocycles. The SMILES string of the molecule is CC[C@H](NC)c1ccc(OC)cc1OC. The number of hydrogen-bond donors (Lipinski definition) is 1. The molecule has 0 aliphatic rings. The first-order valence-electron chi connectivity index (χ1n) is 5.16. The van der Waals surface area contributed by atoms with E-state index in [-0.39, 0.29) is 0 Å². The molecule has 1 N–H and O–H groups in total. The van der Waals surface area contributed by atoms with E-state index in [1.165, 1.54) is 5.56 Å². The number of benzene rings is 1. The van der Waals surface area contributed by atoms with Gasteiger partial charge in [0.1, 0.15) is 11.5 Å². The van der Waals surface area contributed by atoms with E-state index in [2.05, 4.69) is 12.2 Å². The molecule has 84 valence electrons. The van der Waals surface area contributed by atoms with Crippen LogP contribution in [0.5, 0.6) is 11.5 Å². The van der Waals surface area contributed by atoms with Gasteiger partial charge in [0.15, 0.2) is 0 Å². The Hall–Kier alpha value is -1.22. The Kier molecular flexibility index (Phi) is 4.43. The van der Waals surface area contributed by atoms with Gasteiger partial charge in [0.25, 0.3) is 0 Å². The molecule has 0 unspecified atom stereocenters. The number of hydrogen-bond acceptors (Lipinski definition) is 3. The normalized spacial score (nSPS) is 12.3. The maximum Gasteiger partial charge on any atom is 0.127 e. The minimum atomic E-state index is 0.325. The van der Waals surface area contributed by atoms with Gasteiger partial charge in [-0.25, -0.2) is 0 Å². The van der Waals surface area contributed by atoms with Gasteiger partial charge in [-0.2, -0.15) is 0 Å². The van der Waals surface area contributed by atoms with Crippen LogP contribution in [-0.4, -0.2) is 21.3 Å². The first kappa shape index (κ1) is 11.9. The van der Waals surface area contributed by atoms with E-state index in [9.17, 15) is 0 Å². The summed E-state index contributed by atoms with van der Waals surface area (Å²) in [7, 11) is 5.29. The van der Waals surface area contributed by atoms with Crippen LogP contribution >= 0.6 is 0 Å². The molecular formula is C12H19NO2. The summed E-state index contributed by atoms with van der Waals surface area (Å²) < 4.78 is 10.5. The average molecular weight is 209 g/mol. The van der Waals surface area contributed by atoms with Crippen LogP contribution in [0.15, 0.2) is 18.2 Å². The number of methoxy groups -OCH3 is 2. The maximum atomic E-state index is 5.35. The van der Waals surface area contributed by atoms with E-state index in [0.29, 0.717) is 6.04 Å². The Morgan fingerprint density at radius 3 is 2.47 bits per heavy atom. The Balaban J connectivity index is 3.06. The average Bonchev–Trinajstić information content (AvgIpc) is 2.31. The molecule has 1 rings (SSSR count). The summed E-state index contributed by atoms with van der Waals surface area (Å²) in [5.41, 5.74) is 1.17. The molecule has 0 bridgehead atoms. The van der Waals surface area contributed by atoms with E-state index in [0.717, 1.165) is 17.9 Å². The fourth-order valence-corrected chi connectivity index (χ4v) is 1.69. The third-order valence-electron chi connectivity index (χ3n) is 2.57. The van der Waals surface area contributed by atoms with Crippen LogP contribution in [0.25, 0.3) is 0 Å². The topological polar surface area (TPSA) is 30.5 Å². The third-order valence-corrected chi connectivity index (χ3v) is 2.57. The van der Waals surface area contributed by atoms with Gasteiger partial charge in [-0.3, -0.25) is 0 Å². The second kappa shape index (κ2) is 5.61. The molecule has 1 aromatic rings. The van der Waals surface area contributed by atoms with E-state index >= 15 is 0 Å². The molecule has 0 aromatic heterocycles. The Bertz CT molecular complexity index is 308. The van der Waals surface area contributed by atoms with Crippen molar-refractivity contribution in [2.24, 2.45) is 0 Å². The predicted octanol–water partition coefficient (Wildman–Crippen LogP) is 2.37. The van der Waals surface area contributed by atoms with Crippen LogP contribution in [0, 0.1) is 0 Å². The lowest BCUT2D eigenvalue weighted by atomic mass is 10.0. The first-order valence-corrected chi connectivity index (χ1v) is 5.16. The maximum absolute atomic E-state index is 5.35. The zero-order valence-corrected chi connectivity index (χ0v) is 9.83. The molecule has 15 heavy (non-hydrogen) atoms. The highest BCUT2D eigenvalue weighted by molar-refractivity contribution is 5.42. The van der Waals surface area contributed by atoms with E-state index in [1.54, 1.807) is 14.2 Å². The predicted molar refractivity (Wildman–Crippen MR) is 61.6 cm³/mol. The van der Waals surface area contributed by atoms with Crippen molar-refractivity contribution in [3.05, 3.63) is 23.8 Å². The van der Waals surface area contributed by atoms with Crippen molar-refractivity contribution in [3.63, 3.8) is 0 Å². The monoisotopic (exact) mass is 209 g/mol. The largest absolute Gasteiger partial charge is 0.497 e. The molecule has 3 heteroatoms. The van der Waals surface area contributed by atoms with Gasteiger partial charge in [-0.05, 0) is 19.5 Å². The van der Waals surface area contributed by atoms with Crippen molar-refractivity contribution in [1.29, 1.82) is 0 Å². The minimum Gasteiger partial charge on any atom is -0.497 e. The summed E-state index contributed by atoms with van der Waals surface area (Å²) >= 11 is 0. The molecular weight excluding hydrogens is 190 g/mol. The molecule has 1 atom stereocenters. The lowest BCUT2D eigenvalue weighted by molar-refractivity contribution is 0.385. The summed E-state index contributed by atoms with van der Waals surface area (Å²) in [4.78, 5) is 0. The summed E-state index contributed by atoms with van der Waals surface area (Å²) in [5.74, 6) is 1.69. The summed E-state index contributed by atoms with van der Waals surface area (Å²) in [6, 6.07) is 6.24. The number of ether oxygens (including phenoxy) is 2. The quantitative estimate of drug-likeness (QED) is 0.807. The standard InChI is InChI=1S/C12H19NO2/c1-5-11(13-2)10-7-6-9(14-3)8-12(10)15-4/h6-8,11,13H,5H2,1-4H3/t11-/m0/s1. The van der Waals surface area contributed by atoms with Crippen molar-refractivity contribution in [2.45, 2.75) is 19.4 Å². The first-order chi connectivity index (χ1) is 7.26. The van der Waals surface area contributed by atoms with E-state index in [1.807, 2.05) is 25.2 Å². The third kappa shape index (κ3) is 2.63. The molecule has 0 saturated carbocycles. The molecule has 0 amide bonds. The van der Waals surface area contributed by atoms with Crippen LogP contribution < -0.4 is 14.8 Å². The van der Waals surface area contributed by atoms with E-state index in [4.69, 9.17) is 9.47 Å². The van der Waals surface area contributed by atoms with Gasteiger partial charge in [0, 0.05) is 17.7 Å². The molecule has 0 aliphatic heterocycles. The van der Waals surface area contributed by atoms with Crippen molar-refractivity contribution < 1.29 is 9.47 Å². The lowest BCUT2D eigenvalue weighted by Gasteiger charge is -2.18. The van der Waals surface area contributed by atoms with Gasteiger partial charge in [0.2, 0.25) is 0 Å². The van der Waals surface area contributed by atoms with Gasteiger partial charge in [-0.15, -0.1) is 0 Å². The fourth-order valence-electron chi connectivity index (χ4n) is 1.69. The fraction of sp³-hybridized carbons (Fsp3) is 0.500.